The van der Waals surface area contributed by atoms with Gasteiger partial charge in [-0.1, -0.05) is 12.1 Å². The molecule has 0 N–H and O–H groups in total. The molecule has 1 aliphatic heterocycles. The van der Waals surface area contributed by atoms with Crippen molar-refractivity contribution in [3.63, 3.8) is 0 Å². The molecule has 1 saturated heterocycles. The van der Waals surface area contributed by atoms with Crippen molar-refractivity contribution in [1.82, 2.24) is 4.90 Å². The first-order valence-corrected chi connectivity index (χ1v) is 7.02. The van der Waals surface area contributed by atoms with E-state index >= 15 is 0 Å². The monoisotopic (exact) mass is 279 g/mol. The summed E-state index contributed by atoms with van der Waals surface area (Å²) in [6.07, 6.45) is 0.409. The van der Waals surface area contributed by atoms with E-state index < -0.39 is 0 Å². The predicted molar refractivity (Wildman–Crippen MR) is 76.6 cm³/mol. The van der Waals surface area contributed by atoms with Gasteiger partial charge in [0.1, 0.15) is 5.82 Å². The Hall–Kier alpha value is -1.26. The minimum Gasteiger partial charge on any atom is -0.378 e. The van der Waals surface area contributed by atoms with Gasteiger partial charge in [-0.05, 0) is 32.4 Å². The molecule has 0 saturated carbocycles. The molecule has 1 aromatic carbocycles. The van der Waals surface area contributed by atoms with Crippen LogP contribution < -0.4 is 0 Å². The normalized spacial score (nSPS) is 19.0. The Balaban J connectivity index is 1.96. The molecule has 1 aliphatic rings. The van der Waals surface area contributed by atoms with Crippen LogP contribution in [-0.4, -0.2) is 42.5 Å². The SMILES string of the molecule is Cc1ccc(C(=O)CCN2CCOCC2(C)C)cc1F. The van der Waals surface area contributed by atoms with Gasteiger partial charge in [-0.15, -0.1) is 0 Å². The van der Waals surface area contributed by atoms with Gasteiger partial charge >= 0.3 is 0 Å². The molecule has 20 heavy (non-hydrogen) atoms. The lowest BCUT2D eigenvalue weighted by Crippen LogP contribution is -2.53. The number of ketones is 1. The first kappa shape index (κ1) is 15.1. The topological polar surface area (TPSA) is 29.5 Å². The molecule has 1 heterocycles. The number of nitrogens with zero attached hydrogens (tertiary/aromatic N) is 1. The largest absolute Gasteiger partial charge is 0.378 e. The van der Waals surface area contributed by atoms with Crippen LogP contribution in [0.25, 0.3) is 0 Å². The van der Waals surface area contributed by atoms with Gasteiger partial charge in [-0.3, -0.25) is 9.69 Å². The fourth-order valence-corrected chi connectivity index (χ4v) is 2.45. The Morgan fingerprint density at radius 1 is 1.45 bits per heavy atom. The fraction of sp³-hybridized carbons (Fsp3) is 0.562. The molecule has 4 heteroatoms. The van der Waals surface area contributed by atoms with Gasteiger partial charge in [0.15, 0.2) is 5.78 Å². The van der Waals surface area contributed by atoms with E-state index in [4.69, 9.17) is 4.74 Å². The first-order valence-electron chi connectivity index (χ1n) is 7.02. The van der Waals surface area contributed by atoms with Crippen LogP contribution in [0.5, 0.6) is 0 Å². The minimum atomic E-state index is -0.317. The number of ether oxygens (including phenoxy) is 1. The maximum Gasteiger partial charge on any atom is 0.164 e. The Kier molecular flexibility index (Phi) is 4.55. The predicted octanol–water partition coefficient (Wildman–Crippen LogP) is 2.82. The second-order valence-electron chi connectivity index (χ2n) is 5.99. The Morgan fingerprint density at radius 2 is 2.20 bits per heavy atom. The average molecular weight is 279 g/mol. The summed E-state index contributed by atoms with van der Waals surface area (Å²) in [5, 5.41) is 0. The van der Waals surface area contributed by atoms with Crippen LogP contribution >= 0.6 is 0 Å². The van der Waals surface area contributed by atoms with Gasteiger partial charge in [-0.25, -0.2) is 4.39 Å². The van der Waals surface area contributed by atoms with Crippen LogP contribution in [0.3, 0.4) is 0 Å². The van der Waals surface area contributed by atoms with Gasteiger partial charge in [0.25, 0.3) is 0 Å². The summed E-state index contributed by atoms with van der Waals surface area (Å²) in [4.78, 5) is 14.4. The van der Waals surface area contributed by atoms with E-state index in [2.05, 4.69) is 18.7 Å². The third-order valence-electron chi connectivity index (χ3n) is 3.92. The van der Waals surface area contributed by atoms with Crippen LogP contribution in [-0.2, 0) is 4.74 Å². The summed E-state index contributed by atoms with van der Waals surface area (Å²) >= 11 is 0. The van der Waals surface area contributed by atoms with Crippen molar-refractivity contribution in [3.8, 4) is 0 Å². The Labute approximate surface area is 119 Å². The summed E-state index contributed by atoms with van der Waals surface area (Å²) < 4.78 is 18.9. The molecule has 3 nitrogen and oxygen atoms in total. The van der Waals surface area contributed by atoms with E-state index in [-0.39, 0.29) is 17.1 Å². The maximum absolute atomic E-state index is 13.5. The molecule has 2 rings (SSSR count). The van der Waals surface area contributed by atoms with Crippen molar-refractivity contribution >= 4 is 5.78 Å². The molecule has 110 valence electrons. The molecular weight excluding hydrogens is 257 g/mol. The number of carbonyl (C=O) groups excluding carboxylic acids is 1. The van der Waals surface area contributed by atoms with E-state index in [1.807, 2.05) is 0 Å². The van der Waals surface area contributed by atoms with Gasteiger partial charge in [0.05, 0.1) is 13.2 Å². The molecule has 0 amide bonds. The standard InChI is InChI=1S/C16H22FNO2/c1-12-4-5-13(10-14(12)17)15(19)6-7-18-8-9-20-11-16(18,2)3/h4-5,10H,6-9,11H2,1-3H3. The second-order valence-corrected chi connectivity index (χ2v) is 5.99. The summed E-state index contributed by atoms with van der Waals surface area (Å²) in [7, 11) is 0. The van der Waals surface area contributed by atoms with Crippen LogP contribution in [0.15, 0.2) is 18.2 Å². The quantitative estimate of drug-likeness (QED) is 0.794. The molecule has 0 aromatic heterocycles. The average Bonchev–Trinajstić information content (AvgIpc) is 2.40. The molecule has 0 spiro atoms. The number of hydrogen-bond donors (Lipinski definition) is 0. The fourth-order valence-electron chi connectivity index (χ4n) is 2.45. The zero-order chi connectivity index (χ0) is 14.8. The van der Waals surface area contributed by atoms with Crippen molar-refractivity contribution in [1.29, 1.82) is 0 Å². The van der Waals surface area contributed by atoms with Crippen LogP contribution in [0.4, 0.5) is 4.39 Å². The number of morpholine rings is 1. The highest BCUT2D eigenvalue weighted by molar-refractivity contribution is 5.96. The van der Waals surface area contributed by atoms with Crippen LogP contribution in [0.2, 0.25) is 0 Å². The third-order valence-corrected chi connectivity index (χ3v) is 3.92. The Bertz CT molecular complexity index is 499. The highest BCUT2D eigenvalue weighted by Crippen LogP contribution is 2.20. The lowest BCUT2D eigenvalue weighted by Gasteiger charge is -2.42. The van der Waals surface area contributed by atoms with Gasteiger partial charge in [-0.2, -0.15) is 0 Å². The van der Waals surface area contributed by atoms with E-state index in [0.29, 0.717) is 37.3 Å². The second kappa shape index (κ2) is 6.02. The third kappa shape index (κ3) is 3.44. The molecule has 0 radical (unpaired) electrons. The molecule has 1 aromatic rings. The van der Waals surface area contributed by atoms with Gasteiger partial charge < -0.3 is 4.74 Å². The lowest BCUT2D eigenvalue weighted by molar-refractivity contribution is -0.0502. The molecule has 0 bridgehead atoms. The number of rotatable bonds is 4. The Morgan fingerprint density at radius 3 is 2.85 bits per heavy atom. The molecule has 0 atom stereocenters. The molecule has 1 fully saturated rings. The highest BCUT2D eigenvalue weighted by atomic mass is 19.1. The summed E-state index contributed by atoms with van der Waals surface area (Å²) in [6, 6.07) is 4.69. The van der Waals surface area contributed by atoms with Crippen LogP contribution in [0.1, 0.15) is 36.2 Å². The van der Waals surface area contributed by atoms with Crippen molar-refractivity contribution in [2.24, 2.45) is 0 Å². The zero-order valence-corrected chi connectivity index (χ0v) is 12.4. The summed E-state index contributed by atoms with van der Waals surface area (Å²) in [5.41, 5.74) is 0.979. The van der Waals surface area contributed by atoms with E-state index in [1.54, 1.807) is 19.1 Å². The number of hydrogen-bond acceptors (Lipinski definition) is 3. The van der Waals surface area contributed by atoms with Gasteiger partial charge in [0, 0.05) is 30.6 Å². The number of Topliss-reactive ketones (excluding diaryl/α,β-unsaturated/α-hetero) is 1. The van der Waals surface area contributed by atoms with Crippen molar-refractivity contribution in [2.45, 2.75) is 32.7 Å². The minimum absolute atomic E-state index is 0.00816. The van der Waals surface area contributed by atoms with E-state index in [1.165, 1.54) is 6.07 Å². The number of benzene rings is 1. The lowest BCUT2D eigenvalue weighted by atomic mass is 10.0. The summed E-state index contributed by atoms with van der Waals surface area (Å²) in [5.74, 6) is -0.325. The molecule has 0 aliphatic carbocycles. The number of aryl methyl sites for hydroxylation is 1. The van der Waals surface area contributed by atoms with Crippen molar-refractivity contribution in [3.05, 3.63) is 35.1 Å². The maximum atomic E-state index is 13.5. The van der Waals surface area contributed by atoms with E-state index in [9.17, 15) is 9.18 Å². The molecule has 0 unspecified atom stereocenters. The smallest absolute Gasteiger partial charge is 0.164 e. The van der Waals surface area contributed by atoms with Crippen molar-refractivity contribution in [2.75, 3.05) is 26.3 Å². The van der Waals surface area contributed by atoms with E-state index in [0.717, 1.165) is 6.54 Å². The highest BCUT2D eigenvalue weighted by Gasteiger charge is 2.30. The zero-order valence-electron chi connectivity index (χ0n) is 12.4. The number of carbonyl (C=O) groups is 1. The molecular formula is C16H22FNO2. The van der Waals surface area contributed by atoms with Crippen LogP contribution in [0, 0.1) is 12.7 Å². The number of halogens is 1. The first-order chi connectivity index (χ1) is 9.40. The summed E-state index contributed by atoms with van der Waals surface area (Å²) in [6.45, 7) is 8.83. The van der Waals surface area contributed by atoms with Gasteiger partial charge in [0.2, 0.25) is 0 Å². The van der Waals surface area contributed by atoms with Crippen molar-refractivity contribution < 1.29 is 13.9 Å².